The largest absolute Gasteiger partial charge is 0.307 e. The monoisotopic (exact) mass is 237 g/mol. The summed E-state index contributed by atoms with van der Waals surface area (Å²) in [5, 5.41) is 3.98. The normalized spacial score (nSPS) is 21.4. The number of carbonyl (C=O) groups excluding carboxylic acids is 1. The maximum absolute atomic E-state index is 12.2. The third-order valence-corrected chi connectivity index (χ3v) is 3.26. The highest BCUT2D eigenvalue weighted by Gasteiger charge is 2.20. The molecular formula is C13H16ClNO. The summed E-state index contributed by atoms with van der Waals surface area (Å²) in [5.41, 5.74) is 0.754. The lowest BCUT2D eigenvalue weighted by Gasteiger charge is -2.14. The lowest BCUT2D eigenvalue weighted by atomic mass is 10.0. The third-order valence-electron chi connectivity index (χ3n) is 3.01. The highest BCUT2D eigenvalue weighted by atomic mass is 35.5. The molecule has 0 amide bonds. The van der Waals surface area contributed by atoms with Gasteiger partial charge in [-0.15, -0.1) is 0 Å². The van der Waals surface area contributed by atoms with Gasteiger partial charge in [-0.2, -0.15) is 0 Å². The van der Waals surface area contributed by atoms with Gasteiger partial charge in [-0.25, -0.2) is 0 Å². The molecule has 0 aromatic heterocycles. The van der Waals surface area contributed by atoms with E-state index in [0.717, 1.165) is 24.9 Å². The van der Waals surface area contributed by atoms with Gasteiger partial charge in [0.1, 0.15) is 0 Å². The maximum atomic E-state index is 12.2. The average Bonchev–Trinajstić information content (AvgIpc) is 2.57. The van der Waals surface area contributed by atoms with Crippen LogP contribution in [0.25, 0.3) is 0 Å². The van der Waals surface area contributed by atoms with Gasteiger partial charge in [-0.05, 0) is 43.7 Å². The molecule has 1 aliphatic rings. The zero-order chi connectivity index (χ0) is 11.4. The Morgan fingerprint density at radius 1 is 1.19 bits per heavy atom. The fourth-order valence-electron chi connectivity index (χ4n) is 2.07. The Hall–Kier alpha value is -0.860. The molecule has 2 rings (SSSR count). The van der Waals surface area contributed by atoms with Gasteiger partial charge in [0.15, 0.2) is 5.78 Å². The van der Waals surface area contributed by atoms with Crippen molar-refractivity contribution in [1.82, 2.24) is 5.32 Å². The second kappa shape index (κ2) is 5.46. The van der Waals surface area contributed by atoms with Crippen molar-refractivity contribution >= 4 is 17.4 Å². The van der Waals surface area contributed by atoms with Gasteiger partial charge in [-0.3, -0.25) is 4.79 Å². The number of nitrogens with one attached hydrogen (secondary N) is 1. The first-order valence-corrected chi connectivity index (χ1v) is 6.18. The van der Waals surface area contributed by atoms with Crippen molar-refractivity contribution in [3.8, 4) is 0 Å². The molecule has 1 atom stereocenters. The molecule has 1 aromatic rings. The second-order valence-electron chi connectivity index (χ2n) is 4.23. The van der Waals surface area contributed by atoms with E-state index in [0.29, 0.717) is 5.02 Å². The Balaban J connectivity index is 2.08. The molecule has 1 fully saturated rings. The van der Waals surface area contributed by atoms with E-state index in [4.69, 9.17) is 11.6 Å². The Labute approximate surface area is 101 Å². The van der Waals surface area contributed by atoms with E-state index in [1.54, 1.807) is 24.3 Å². The number of rotatable bonds is 2. The van der Waals surface area contributed by atoms with Crippen molar-refractivity contribution in [3.63, 3.8) is 0 Å². The third kappa shape index (κ3) is 2.83. The smallest absolute Gasteiger partial charge is 0.179 e. The molecule has 0 aliphatic carbocycles. The van der Waals surface area contributed by atoms with Crippen molar-refractivity contribution in [3.05, 3.63) is 34.9 Å². The highest BCUT2D eigenvalue weighted by molar-refractivity contribution is 6.30. The molecule has 86 valence electrons. The van der Waals surface area contributed by atoms with Crippen LogP contribution in [0.2, 0.25) is 5.02 Å². The second-order valence-corrected chi connectivity index (χ2v) is 4.66. The van der Waals surface area contributed by atoms with Crippen LogP contribution < -0.4 is 5.32 Å². The Morgan fingerprint density at radius 2 is 1.94 bits per heavy atom. The lowest BCUT2D eigenvalue weighted by Crippen LogP contribution is -2.35. The van der Waals surface area contributed by atoms with E-state index >= 15 is 0 Å². The van der Waals surface area contributed by atoms with Gasteiger partial charge in [0.2, 0.25) is 0 Å². The minimum atomic E-state index is -0.0105. The first-order valence-electron chi connectivity index (χ1n) is 5.80. The van der Waals surface area contributed by atoms with Crippen LogP contribution in [0.15, 0.2) is 24.3 Å². The van der Waals surface area contributed by atoms with Gasteiger partial charge < -0.3 is 5.32 Å². The standard InChI is InChI=1S/C13H16ClNO/c14-11-7-5-10(6-8-11)13(16)12-4-2-1-3-9-15-12/h5-8,12,15H,1-4,9H2. The van der Waals surface area contributed by atoms with Crippen LogP contribution in [-0.4, -0.2) is 18.4 Å². The predicted octanol–water partition coefficient (Wildman–Crippen LogP) is 3.05. The fraction of sp³-hybridized carbons (Fsp3) is 0.462. The molecule has 2 nitrogen and oxygen atoms in total. The minimum absolute atomic E-state index is 0.0105. The number of ketones is 1. The lowest BCUT2D eigenvalue weighted by molar-refractivity contribution is 0.0940. The molecule has 0 spiro atoms. The van der Waals surface area contributed by atoms with Crippen molar-refractivity contribution < 1.29 is 4.79 Å². The molecule has 1 aromatic carbocycles. The molecule has 1 unspecified atom stereocenters. The van der Waals surface area contributed by atoms with E-state index in [1.165, 1.54) is 12.8 Å². The molecular weight excluding hydrogens is 222 g/mol. The Bertz CT molecular complexity index is 353. The summed E-state index contributed by atoms with van der Waals surface area (Å²) >= 11 is 5.80. The quantitative estimate of drug-likeness (QED) is 0.801. The number of hydrogen-bond acceptors (Lipinski definition) is 2. The van der Waals surface area contributed by atoms with Crippen LogP contribution in [-0.2, 0) is 0 Å². The molecule has 1 N–H and O–H groups in total. The topological polar surface area (TPSA) is 29.1 Å². The van der Waals surface area contributed by atoms with Gasteiger partial charge >= 0.3 is 0 Å². The summed E-state index contributed by atoms with van der Waals surface area (Å²) in [6, 6.07) is 7.13. The number of benzene rings is 1. The van der Waals surface area contributed by atoms with E-state index in [2.05, 4.69) is 5.32 Å². The predicted molar refractivity (Wildman–Crippen MR) is 66.0 cm³/mol. The summed E-state index contributed by atoms with van der Waals surface area (Å²) < 4.78 is 0. The zero-order valence-corrected chi connectivity index (χ0v) is 9.96. The average molecular weight is 238 g/mol. The zero-order valence-electron chi connectivity index (χ0n) is 9.21. The summed E-state index contributed by atoms with van der Waals surface area (Å²) in [6.07, 6.45) is 4.47. The van der Waals surface area contributed by atoms with Gasteiger partial charge in [0.05, 0.1) is 6.04 Å². The van der Waals surface area contributed by atoms with Crippen LogP contribution in [0.5, 0.6) is 0 Å². The molecule has 1 aliphatic heterocycles. The number of Topliss-reactive ketones (excluding diaryl/α,β-unsaturated/α-hetero) is 1. The molecule has 0 saturated carbocycles. The number of carbonyl (C=O) groups is 1. The maximum Gasteiger partial charge on any atom is 0.179 e. The number of hydrogen-bond donors (Lipinski definition) is 1. The number of halogens is 1. The summed E-state index contributed by atoms with van der Waals surface area (Å²) in [4.78, 5) is 12.2. The van der Waals surface area contributed by atoms with Gasteiger partial charge in [0, 0.05) is 10.6 Å². The Kier molecular flexibility index (Phi) is 3.97. The molecule has 1 saturated heterocycles. The van der Waals surface area contributed by atoms with Crippen molar-refractivity contribution in [2.45, 2.75) is 31.7 Å². The molecule has 3 heteroatoms. The van der Waals surface area contributed by atoms with Crippen LogP contribution in [0.4, 0.5) is 0 Å². The van der Waals surface area contributed by atoms with E-state index < -0.39 is 0 Å². The van der Waals surface area contributed by atoms with E-state index in [9.17, 15) is 4.79 Å². The van der Waals surface area contributed by atoms with Crippen molar-refractivity contribution in [2.24, 2.45) is 0 Å². The van der Waals surface area contributed by atoms with Gasteiger partial charge in [-0.1, -0.05) is 24.4 Å². The highest BCUT2D eigenvalue weighted by Crippen LogP contribution is 2.15. The molecule has 0 bridgehead atoms. The van der Waals surface area contributed by atoms with E-state index in [1.807, 2.05) is 0 Å². The summed E-state index contributed by atoms with van der Waals surface area (Å²) in [7, 11) is 0. The van der Waals surface area contributed by atoms with E-state index in [-0.39, 0.29) is 11.8 Å². The fourth-order valence-corrected chi connectivity index (χ4v) is 2.19. The van der Waals surface area contributed by atoms with Crippen LogP contribution in [0, 0.1) is 0 Å². The van der Waals surface area contributed by atoms with Crippen LogP contribution in [0.3, 0.4) is 0 Å². The molecule has 16 heavy (non-hydrogen) atoms. The first kappa shape index (κ1) is 11.6. The SMILES string of the molecule is O=C(c1ccc(Cl)cc1)C1CCCCCN1. The summed E-state index contributed by atoms with van der Waals surface area (Å²) in [5.74, 6) is 0.193. The minimum Gasteiger partial charge on any atom is -0.307 e. The van der Waals surface area contributed by atoms with Crippen molar-refractivity contribution in [1.29, 1.82) is 0 Å². The molecule has 0 radical (unpaired) electrons. The van der Waals surface area contributed by atoms with Crippen LogP contribution >= 0.6 is 11.6 Å². The Morgan fingerprint density at radius 3 is 2.69 bits per heavy atom. The van der Waals surface area contributed by atoms with Crippen LogP contribution in [0.1, 0.15) is 36.0 Å². The summed E-state index contributed by atoms with van der Waals surface area (Å²) in [6.45, 7) is 0.948. The van der Waals surface area contributed by atoms with Crippen molar-refractivity contribution in [2.75, 3.05) is 6.54 Å². The van der Waals surface area contributed by atoms with Gasteiger partial charge in [0.25, 0.3) is 0 Å². The molecule has 1 heterocycles. The first-order chi connectivity index (χ1) is 7.77.